The SMILES string of the molecule is CCCCOC[C@@H](O)COP(=O)(O)OCC[N+](C)(C)C. The molecule has 7 nitrogen and oxygen atoms in total. The summed E-state index contributed by atoms with van der Waals surface area (Å²) in [6.45, 7) is 3.09. The summed E-state index contributed by atoms with van der Waals surface area (Å²) in [5, 5.41) is 9.53. The van der Waals surface area contributed by atoms with Crippen LogP contribution in [0.1, 0.15) is 19.8 Å². The van der Waals surface area contributed by atoms with Gasteiger partial charge in [0.05, 0.1) is 34.4 Å². The van der Waals surface area contributed by atoms with E-state index in [0.717, 1.165) is 12.8 Å². The number of nitrogens with zero attached hydrogens (tertiary/aromatic N) is 1. The number of aliphatic hydroxyl groups excluding tert-OH is 1. The number of likely N-dealkylation sites (N-methyl/N-ethyl adjacent to an activating group) is 1. The maximum Gasteiger partial charge on any atom is 0.472 e. The number of hydrogen-bond donors (Lipinski definition) is 2. The second kappa shape index (κ2) is 9.84. The molecule has 122 valence electrons. The number of ether oxygens (including phenoxy) is 1. The zero-order valence-electron chi connectivity index (χ0n) is 12.9. The van der Waals surface area contributed by atoms with E-state index in [0.29, 0.717) is 17.6 Å². The van der Waals surface area contributed by atoms with Crippen LogP contribution in [0.15, 0.2) is 0 Å². The molecule has 0 aromatic heterocycles. The summed E-state index contributed by atoms with van der Waals surface area (Å²) in [5.74, 6) is 0. The molecule has 0 fully saturated rings. The molecule has 0 aliphatic carbocycles. The first-order chi connectivity index (χ1) is 9.16. The van der Waals surface area contributed by atoms with Gasteiger partial charge in [-0.25, -0.2) is 4.57 Å². The lowest BCUT2D eigenvalue weighted by Gasteiger charge is -2.24. The molecule has 0 radical (unpaired) electrons. The van der Waals surface area contributed by atoms with Gasteiger partial charge in [0.2, 0.25) is 0 Å². The van der Waals surface area contributed by atoms with Crippen LogP contribution < -0.4 is 0 Å². The van der Waals surface area contributed by atoms with Gasteiger partial charge in [-0.1, -0.05) is 13.3 Å². The number of hydrogen-bond acceptors (Lipinski definition) is 5. The number of quaternary nitrogens is 1. The van der Waals surface area contributed by atoms with Gasteiger partial charge in [-0.15, -0.1) is 0 Å². The number of unbranched alkanes of at least 4 members (excludes halogenated alkanes) is 1. The fraction of sp³-hybridized carbons (Fsp3) is 1.00. The molecular weight excluding hydrogens is 285 g/mol. The molecule has 20 heavy (non-hydrogen) atoms. The van der Waals surface area contributed by atoms with Crippen molar-refractivity contribution in [2.45, 2.75) is 25.9 Å². The predicted molar refractivity (Wildman–Crippen MR) is 76.4 cm³/mol. The summed E-state index contributed by atoms with van der Waals surface area (Å²) in [4.78, 5) is 9.42. The predicted octanol–water partition coefficient (Wildman–Crippen LogP) is 1.00. The van der Waals surface area contributed by atoms with E-state index in [2.05, 4.69) is 0 Å². The molecule has 1 unspecified atom stereocenters. The van der Waals surface area contributed by atoms with Crippen LogP contribution in [0.5, 0.6) is 0 Å². The molecule has 0 spiro atoms. The minimum Gasteiger partial charge on any atom is -0.388 e. The van der Waals surface area contributed by atoms with Gasteiger partial charge in [-0.05, 0) is 6.42 Å². The molecule has 0 aromatic carbocycles. The van der Waals surface area contributed by atoms with Crippen LogP contribution in [0.25, 0.3) is 0 Å². The third-order valence-electron chi connectivity index (χ3n) is 2.40. The largest absolute Gasteiger partial charge is 0.472 e. The Morgan fingerprint density at radius 1 is 1.15 bits per heavy atom. The van der Waals surface area contributed by atoms with E-state index < -0.39 is 13.9 Å². The van der Waals surface area contributed by atoms with Gasteiger partial charge in [0, 0.05) is 6.61 Å². The zero-order chi connectivity index (χ0) is 15.6. The van der Waals surface area contributed by atoms with Gasteiger partial charge in [0.1, 0.15) is 19.3 Å². The third kappa shape index (κ3) is 13.0. The lowest BCUT2D eigenvalue weighted by Crippen LogP contribution is -2.37. The van der Waals surface area contributed by atoms with Crippen LogP contribution in [-0.2, 0) is 18.3 Å². The fourth-order valence-corrected chi connectivity index (χ4v) is 1.91. The van der Waals surface area contributed by atoms with Crippen molar-refractivity contribution in [2.75, 3.05) is 54.1 Å². The zero-order valence-corrected chi connectivity index (χ0v) is 13.8. The van der Waals surface area contributed by atoms with Crippen molar-refractivity contribution in [2.24, 2.45) is 0 Å². The van der Waals surface area contributed by atoms with E-state index in [-0.39, 0.29) is 19.8 Å². The highest BCUT2D eigenvalue weighted by molar-refractivity contribution is 7.47. The normalized spacial score (nSPS) is 16.9. The van der Waals surface area contributed by atoms with Crippen LogP contribution in [-0.4, -0.2) is 74.7 Å². The first-order valence-electron chi connectivity index (χ1n) is 6.84. The number of phosphoric ester groups is 1. The van der Waals surface area contributed by atoms with E-state index in [1.165, 1.54) is 0 Å². The quantitative estimate of drug-likeness (QED) is 0.318. The minimum absolute atomic E-state index is 0.0822. The standard InChI is InChI=1S/C12H28NO6P/c1-5-6-8-17-10-12(14)11-19-20(15,16)18-9-7-13(2,3)4/h12,14H,5-11H2,1-4H3/p+1/t12-/m1/s1. The number of aliphatic hydroxyl groups is 1. The molecule has 0 rings (SSSR count). The van der Waals surface area contributed by atoms with E-state index in [1.54, 1.807) is 0 Å². The topological polar surface area (TPSA) is 85.2 Å². The molecule has 0 aromatic rings. The molecule has 2 N–H and O–H groups in total. The molecule has 0 saturated carbocycles. The van der Waals surface area contributed by atoms with Gasteiger partial charge in [-0.3, -0.25) is 9.05 Å². The average Bonchev–Trinajstić information content (AvgIpc) is 2.30. The van der Waals surface area contributed by atoms with E-state index in [4.69, 9.17) is 13.8 Å². The Hall–Kier alpha value is -0.0100. The summed E-state index contributed by atoms with van der Waals surface area (Å²) in [5.41, 5.74) is 0. The van der Waals surface area contributed by atoms with Gasteiger partial charge >= 0.3 is 7.82 Å². The molecular formula is C12H29NO6P+. The van der Waals surface area contributed by atoms with Crippen molar-refractivity contribution in [1.82, 2.24) is 0 Å². The Morgan fingerprint density at radius 3 is 2.35 bits per heavy atom. The highest BCUT2D eigenvalue weighted by atomic mass is 31.2. The van der Waals surface area contributed by atoms with Gasteiger partial charge < -0.3 is 19.2 Å². The summed E-state index contributed by atoms with van der Waals surface area (Å²) in [6.07, 6.45) is 0.994. The van der Waals surface area contributed by atoms with Crippen molar-refractivity contribution in [1.29, 1.82) is 0 Å². The minimum atomic E-state index is -4.10. The Kier molecular flexibility index (Phi) is 9.84. The Balaban J connectivity index is 3.77. The maximum absolute atomic E-state index is 11.5. The number of phosphoric acid groups is 1. The van der Waals surface area contributed by atoms with Gasteiger partial charge in [0.15, 0.2) is 0 Å². The lowest BCUT2D eigenvalue weighted by molar-refractivity contribution is -0.870. The summed E-state index contributed by atoms with van der Waals surface area (Å²) in [6, 6.07) is 0. The highest BCUT2D eigenvalue weighted by Gasteiger charge is 2.23. The van der Waals surface area contributed by atoms with Crippen LogP contribution in [0.4, 0.5) is 0 Å². The van der Waals surface area contributed by atoms with Gasteiger partial charge in [-0.2, -0.15) is 0 Å². The molecule has 0 saturated heterocycles. The highest BCUT2D eigenvalue weighted by Crippen LogP contribution is 2.43. The van der Waals surface area contributed by atoms with Crippen LogP contribution in [0.2, 0.25) is 0 Å². The Morgan fingerprint density at radius 2 is 1.80 bits per heavy atom. The first-order valence-corrected chi connectivity index (χ1v) is 8.34. The lowest BCUT2D eigenvalue weighted by atomic mass is 10.3. The van der Waals surface area contributed by atoms with E-state index in [1.807, 2.05) is 28.1 Å². The molecule has 0 bridgehead atoms. The monoisotopic (exact) mass is 314 g/mol. The molecule has 0 aliphatic heterocycles. The molecule has 2 atom stereocenters. The molecule has 8 heteroatoms. The van der Waals surface area contributed by atoms with Crippen molar-refractivity contribution >= 4 is 7.82 Å². The maximum atomic E-state index is 11.5. The fourth-order valence-electron chi connectivity index (χ4n) is 1.16. The molecule has 0 heterocycles. The van der Waals surface area contributed by atoms with Crippen molar-refractivity contribution in [3.63, 3.8) is 0 Å². The van der Waals surface area contributed by atoms with Crippen LogP contribution in [0.3, 0.4) is 0 Å². The first kappa shape index (κ1) is 20.0. The van der Waals surface area contributed by atoms with Crippen LogP contribution in [0, 0.1) is 0 Å². The second-order valence-corrected chi connectivity index (χ2v) is 7.15. The molecule has 0 aliphatic rings. The van der Waals surface area contributed by atoms with Gasteiger partial charge in [0.25, 0.3) is 0 Å². The number of rotatable bonds is 12. The smallest absolute Gasteiger partial charge is 0.388 e. The summed E-state index contributed by atoms with van der Waals surface area (Å²) >= 11 is 0. The Labute approximate surface area is 121 Å². The van der Waals surface area contributed by atoms with E-state index >= 15 is 0 Å². The average molecular weight is 314 g/mol. The molecule has 0 amide bonds. The van der Waals surface area contributed by atoms with Crippen molar-refractivity contribution < 1.29 is 32.8 Å². The van der Waals surface area contributed by atoms with Crippen molar-refractivity contribution in [3.8, 4) is 0 Å². The summed E-state index contributed by atoms with van der Waals surface area (Å²) in [7, 11) is 1.74. The van der Waals surface area contributed by atoms with Crippen molar-refractivity contribution in [3.05, 3.63) is 0 Å². The second-order valence-electron chi connectivity index (χ2n) is 5.69. The van der Waals surface area contributed by atoms with Crippen LogP contribution >= 0.6 is 7.82 Å². The van der Waals surface area contributed by atoms with E-state index in [9.17, 15) is 14.6 Å². The third-order valence-corrected chi connectivity index (χ3v) is 3.38. The summed E-state index contributed by atoms with van der Waals surface area (Å²) < 4.78 is 26.9. The Bertz CT molecular complexity index is 294.